The second-order valence-corrected chi connectivity index (χ2v) is 6.03. The molecule has 0 aliphatic carbocycles. The van der Waals surface area contributed by atoms with Gasteiger partial charge < -0.3 is 15.5 Å². The molecule has 3 amide bonds. The van der Waals surface area contributed by atoms with Gasteiger partial charge in [-0.25, -0.2) is 9.18 Å². The number of benzene rings is 2. The maximum absolute atomic E-state index is 13.0. The van der Waals surface area contributed by atoms with E-state index in [0.717, 1.165) is 6.42 Å². The third-order valence-electron chi connectivity index (χ3n) is 4.22. The third kappa shape index (κ3) is 4.15. The summed E-state index contributed by atoms with van der Waals surface area (Å²) in [7, 11) is 0. The highest BCUT2D eigenvalue weighted by molar-refractivity contribution is 5.97. The molecule has 1 aliphatic rings. The van der Waals surface area contributed by atoms with E-state index in [-0.39, 0.29) is 30.2 Å². The molecule has 130 valence electrons. The number of aryl methyl sites for hydroxylation is 1. The zero-order chi connectivity index (χ0) is 17.8. The Balaban J connectivity index is 1.57. The normalized spacial score (nSPS) is 16.8. The standard InChI is InChI=1S/C19H20FN3O2/c1-2-13-3-7-15(8-4-13)21-19(25)22-16-11-18(24)23(12-16)17-9-5-14(20)6-10-17/h3-10,16H,2,11-12H2,1H3,(H2,21,22,25)/t16-/m0/s1. The van der Waals surface area contributed by atoms with Crippen molar-refractivity contribution in [1.29, 1.82) is 0 Å². The molecule has 6 heteroatoms. The quantitative estimate of drug-likeness (QED) is 0.896. The molecule has 25 heavy (non-hydrogen) atoms. The molecule has 3 rings (SSSR count). The fourth-order valence-corrected chi connectivity index (χ4v) is 2.85. The van der Waals surface area contributed by atoms with Crippen LogP contribution in [-0.4, -0.2) is 24.5 Å². The van der Waals surface area contributed by atoms with Crippen LogP contribution in [0.25, 0.3) is 0 Å². The van der Waals surface area contributed by atoms with E-state index in [2.05, 4.69) is 17.6 Å². The fraction of sp³-hybridized carbons (Fsp3) is 0.263. The van der Waals surface area contributed by atoms with Gasteiger partial charge in [-0.05, 0) is 48.4 Å². The summed E-state index contributed by atoms with van der Waals surface area (Å²) in [6.07, 6.45) is 1.16. The molecule has 1 heterocycles. The largest absolute Gasteiger partial charge is 0.333 e. The van der Waals surface area contributed by atoms with Gasteiger partial charge in [-0.3, -0.25) is 4.79 Å². The summed E-state index contributed by atoms with van der Waals surface area (Å²) >= 11 is 0. The van der Waals surface area contributed by atoms with Crippen molar-refractivity contribution in [2.75, 3.05) is 16.8 Å². The summed E-state index contributed by atoms with van der Waals surface area (Å²) in [6.45, 7) is 2.44. The highest BCUT2D eigenvalue weighted by atomic mass is 19.1. The number of carbonyl (C=O) groups excluding carboxylic acids is 2. The van der Waals surface area contributed by atoms with Crippen LogP contribution in [0.2, 0.25) is 0 Å². The number of urea groups is 1. The lowest BCUT2D eigenvalue weighted by Crippen LogP contribution is -2.39. The molecule has 0 radical (unpaired) electrons. The maximum atomic E-state index is 13.0. The summed E-state index contributed by atoms with van der Waals surface area (Å²) in [4.78, 5) is 25.8. The van der Waals surface area contributed by atoms with Crippen molar-refractivity contribution in [3.05, 3.63) is 59.9 Å². The lowest BCUT2D eigenvalue weighted by molar-refractivity contribution is -0.117. The first-order valence-corrected chi connectivity index (χ1v) is 8.27. The molecule has 0 aromatic heterocycles. The molecule has 1 aliphatic heterocycles. The first kappa shape index (κ1) is 17.0. The molecule has 0 unspecified atom stereocenters. The topological polar surface area (TPSA) is 61.4 Å². The van der Waals surface area contributed by atoms with E-state index in [4.69, 9.17) is 0 Å². The number of nitrogens with one attached hydrogen (secondary N) is 2. The first-order chi connectivity index (χ1) is 12.0. The van der Waals surface area contributed by atoms with Crippen molar-refractivity contribution in [1.82, 2.24) is 5.32 Å². The Morgan fingerprint density at radius 2 is 1.84 bits per heavy atom. The lowest BCUT2D eigenvalue weighted by Gasteiger charge is -2.17. The number of rotatable bonds is 4. The Hall–Kier alpha value is -2.89. The Morgan fingerprint density at radius 3 is 2.48 bits per heavy atom. The lowest BCUT2D eigenvalue weighted by atomic mass is 10.1. The van der Waals surface area contributed by atoms with Gasteiger partial charge in [0.05, 0.1) is 6.04 Å². The zero-order valence-corrected chi connectivity index (χ0v) is 14.0. The monoisotopic (exact) mass is 341 g/mol. The van der Waals surface area contributed by atoms with Gasteiger partial charge in [0.25, 0.3) is 0 Å². The second-order valence-electron chi connectivity index (χ2n) is 6.03. The molecule has 1 saturated heterocycles. The van der Waals surface area contributed by atoms with E-state index < -0.39 is 0 Å². The van der Waals surface area contributed by atoms with E-state index >= 15 is 0 Å². The molecule has 0 saturated carbocycles. The van der Waals surface area contributed by atoms with Gasteiger partial charge >= 0.3 is 6.03 Å². The highest BCUT2D eigenvalue weighted by Crippen LogP contribution is 2.22. The number of hydrogen-bond acceptors (Lipinski definition) is 2. The van der Waals surface area contributed by atoms with Crippen molar-refractivity contribution < 1.29 is 14.0 Å². The first-order valence-electron chi connectivity index (χ1n) is 8.27. The number of carbonyl (C=O) groups is 2. The van der Waals surface area contributed by atoms with Crippen LogP contribution < -0.4 is 15.5 Å². The Labute approximate surface area is 145 Å². The summed E-state index contributed by atoms with van der Waals surface area (Å²) in [5.74, 6) is -0.442. The Morgan fingerprint density at radius 1 is 1.16 bits per heavy atom. The van der Waals surface area contributed by atoms with Crippen LogP contribution in [0.4, 0.5) is 20.6 Å². The van der Waals surface area contributed by atoms with Crippen molar-refractivity contribution in [2.45, 2.75) is 25.8 Å². The van der Waals surface area contributed by atoms with E-state index in [0.29, 0.717) is 17.9 Å². The van der Waals surface area contributed by atoms with E-state index in [1.54, 1.807) is 17.0 Å². The predicted octanol–water partition coefficient (Wildman–Crippen LogP) is 3.32. The number of nitrogens with zero attached hydrogens (tertiary/aromatic N) is 1. The molecule has 0 bridgehead atoms. The fourth-order valence-electron chi connectivity index (χ4n) is 2.85. The van der Waals surface area contributed by atoms with Gasteiger partial charge in [-0.15, -0.1) is 0 Å². The number of amides is 3. The van der Waals surface area contributed by atoms with E-state index in [1.807, 2.05) is 24.3 Å². The number of hydrogen-bond donors (Lipinski definition) is 2. The molecule has 1 fully saturated rings. The molecular weight excluding hydrogens is 321 g/mol. The molecule has 5 nitrogen and oxygen atoms in total. The van der Waals surface area contributed by atoms with Gasteiger partial charge in [-0.2, -0.15) is 0 Å². The van der Waals surface area contributed by atoms with Gasteiger partial charge in [0.1, 0.15) is 5.82 Å². The Bertz CT molecular complexity index is 759. The van der Waals surface area contributed by atoms with Crippen LogP contribution in [0, 0.1) is 5.82 Å². The van der Waals surface area contributed by atoms with Gasteiger partial charge in [-0.1, -0.05) is 19.1 Å². The summed E-state index contributed by atoms with van der Waals surface area (Å²) in [5, 5.41) is 5.58. The second kappa shape index (κ2) is 7.34. The molecular formula is C19H20FN3O2. The minimum Gasteiger partial charge on any atom is -0.333 e. The summed E-state index contributed by atoms with van der Waals surface area (Å²) in [6, 6.07) is 12.7. The van der Waals surface area contributed by atoms with Gasteiger partial charge in [0, 0.05) is 24.3 Å². The maximum Gasteiger partial charge on any atom is 0.319 e. The predicted molar refractivity (Wildman–Crippen MR) is 95.1 cm³/mol. The molecule has 2 N–H and O–H groups in total. The highest BCUT2D eigenvalue weighted by Gasteiger charge is 2.31. The summed E-state index contributed by atoms with van der Waals surface area (Å²) in [5.41, 5.74) is 2.53. The Kier molecular flexibility index (Phi) is 4.97. The minimum absolute atomic E-state index is 0.0933. The third-order valence-corrected chi connectivity index (χ3v) is 4.22. The molecule has 1 atom stereocenters. The van der Waals surface area contributed by atoms with Crippen molar-refractivity contribution in [2.24, 2.45) is 0 Å². The van der Waals surface area contributed by atoms with Crippen LogP contribution in [0.1, 0.15) is 18.9 Å². The van der Waals surface area contributed by atoms with Crippen LogP contribution >= 0.6 is 0 Å². The van der Waals surface area contributed by atoms with E-state index in [9.17, 15) is 14.0 Å². The van der Waals surface area contributed by atoms with Crippen LogP contribution in [0.15, 0.2) is 48.5 Å². The number of halogens is 1. The van der Waals surface area contributed by atoms with Crippen molar-refractivity contribution in [3.8, 4) is 0 Å². The van der Waals surface area contributed by atoms with Gasteiger partial charge in [0.15, 0.2) is 0 Å². The molecule has 2 aromatic carbocycles. The zero-order valence-electron chi connectivity index (χ0n) is 14.0. The van der Waals surface area contributed by atoms with Crippen LogP contribution in [-0.2, 0) is 11.2 Å². The van der Waals surface area contributed by atoms with E-state index in [1.165, 1.54) is 17.7 Å². The van der Waals surface area contributed by atoms with Crippen LogP contribution in [0.3, 0.4) is 0 Å². The van der Waals surface area contributed by atoms with Gasteiger partial charge in [0.2, 0.25) is 5.91 Å². The summed E-state index contributed by atoms with van der Waals surface area (Å²) < 4.78 is 13.0. The smallest absolute Gasteiger partial charge is 0.319 e. The van der Waals surface area contributed by atoms with Crippen molar-refractivity contribution in [3.63, 3.8) is 0 Å². The average Bonchev–Trinajstić information content (AvgIpc) is 2.96. The molecule has 0 spiro atoms. The van der Waals surface area contributed by atoms with Crippen molar-refractivity contribution >= 4 is 23.3 Å². The SMILES string of the molecule is CCc1ccc(NC(=O)N[C@H]2CC(=O)N(c3ccc(F)cc3)C2)cc1. The molecule has 2 aromatic rings. The van der Waals surface area contributed by atoms with Crippen LogP contribution in [0.5, 0.6) is 0 Å². The minimum atomic E-state index is -0.349. The average molecular weight is 341 g/mol. The number of anilines is 2.